The van der Waals surface area contributed by atoms with Crippen molar-refractivity contribution in [3.63, 3.8) is 0 Å². The van der Waals surface area contributed by atoms with E-state index in [9.17, 15) is 22.4 Å². The van der Waals surface area contributed by atoms with Crippen LogP contribution in [0.3, 0.4) is 0 Å². The highest BCUT2D eigenvalue weighted by atomic mass is 79.9. The van der Waals surface area contributed by atoms with Gasteiger partial charge in [-0.05, 0) is 86.5 Å². The lowest BCUT2D eigenvalue weighted by Gasteiger charge is -2.32. The molecule has 8 nitrogen and oxygen atoms in total. The number of sulfonamides is 1. The lowest BCUT2D eigenvalue weighted by molar-refractivity contribution is -0.139. The van der Waals surface area contributed by atoms with Gasteiger partial charge in [-0.25, -0.2) is 12.8 Å². The molecule has 0 spiro atoms. The van der Waals surface area contributed by atoms with Crippen LogP contribution in [0.15, 0.2) is 82.2 Å². The van der Waals surface area contributed by atoms with Crippen LogP contribution >= 0.6 is 15.9 Å². The number of carbonyl (C=O) groups excluding carboxylic acids is 2. The van der Waals surface area contributed by atoms with E-state index in [1.165, 1.54) is 41.3 Å². The minimum absolute atomic E-state index is 0.0683. The molecule has 214 valence electrons. The van der Waals surface area contributed by atoms with E-state index in [0.717, 1.165) is 32.9 Å². The van der Waals surface area contributed by atoms with Crippen LogP contribution in [-0.2, 0) is 26.2 Å². The molecule has 0 unspecified atom stereocenters. The fourth-order valence-corrected chi connectivity index (χ4v) is 5.58. The first-order chi connectivity index (χ1) is 19.1. The summed E-state index contributed by atoms with van der Waals surface area (Å²) in [7, 11) is -4.26. The van der Waals surface area contributed by atoms with E-state index < -0.39 is 34.3 Å². The van der Waals surface area contributed by atoms with Gasteiger partial charge in [0, 0.05) is 17.6 Å². The van der Waals surface area contributed by atoms with Crippen molar-refractivity contribution in [2.45, 2.75) is 44.7 Å². The second-order valence-electron chi connectivity index (χ2n) is 9.01. The van der Waals surface area contributed by atoms with Crippen molar-refractivity contribution in [1.29, 1.82) is 0 Å². The van der Waals surface area contributed by atoms with Gasteiger partial charge < -0.3 is 15.0 Å². The third-order valence-corrected chi connectivity index (χ3v) is 8.42. The highest BCUT2D eigenvalue weighted by Gasteiger charge is 2.32. The maximum atomic E-state index is 13.8. The van der Waals surface area contributed by atoms with Gasteiger partial charge in [0.15, 0.2) is 0 Å². The number of amides is 2. The molecule has 40 heavy (non-hydrogen) atoms. The second-order valence-corrected chi connectivity index (χ2v) is 11.8. The van der Waals surface area contributed by atoms with E-state index in [1.54, 1.807) is 6.92 Å². The van der Waals surface area contributed by atoms with Gasteiger partial charge in [-0.15, -0.1) is 0 Å². The first kappa shape index (κ1) is 31.1. The Balaban J connectivity index is 2.00. The summed E-state index contributed by atoms with van der Waals surface area (Å²) in [5, 5.41) is 2.80. The third kappa shape index (κ3) is 8.04. The number of benzene rings is 3. The molecule has 0 saturated heterocycles. The van der Waals surface area contributed by atoms with Crippen molar-refractivity contribution in [3.8, 4) is 5.75 Å². The number of hydrogen-bond donors (Lipinski definition) is 1. The first-order valence-corrected chi connectivity index (χ1v) is 15.1. The fourth-order valence-electron chi connectivity index (χ4n) is 3.90. The number of carbonyl (C=O) groups is 2. The Morgan fingerprint density at radius 3 is 2.17 bits per heavy atom. The van der Waals surface area contributed by atoms with E-state index in [4.69, 9.17) is 4.74 Å². The molecule has 3 aromatic carbocycles. The summed E-state index contributed by atoms with van der Waals surface area (Å²) in [4.78, 5) is 28.0. The van der Waals surface area contributed by atoms with E-state index in [1.807, 2.05) is 38.1 Å². The Hall–Kier alpha value is -3.44. The third-order valence-electron chi connectivity index (χ3n) is 6.10. The van der Waals surface area contributed by atoms with Gasteiger partial charge in [-0.2, -0.15) is 0 Å². The largest absolute Gasteiger partial charge is 0.494 e. The van der Waals surface area contributed by atoms with Gasteiger partial charge in [0.1, 0.15) is 24.2 Å². The average molecular weight is 635 g/mol. The summed E-state index contributed by atoms with van der Waals surface area (Å²) < 4.78 is 48.6. The molecule has 2 amide bonds. The van der Waals surface area contributed by atoms with Crippen LogP contribution in [0.25, 0.3) is 0 Å². The highest BCUT2D eigenvalue weighted by Crippen LogP contribution is 2.26. The van der Waals surface area contributed by atoms with Crippen molar-refractivity contribution < 1.29 is 27.1 Å². The summed E-state index contributed by atoms with van der Waals surface area (Å²) in [6.07, 6.45) is 0.720. The molecule has 0 aliphatic carbocycles. The monoisotopic (exact) mass is 633 g/mol. The predicted molar refractivity (Wildman–Crippen MR) is 156 cm³/mol. The summed E-state index contributed by atoms with van der Waals surface area (Å²) >= 11 is 3.39. The Labute approximate surface area is 243 Å². The van der Waals surface area contributed by atoms with Gasteiger partial charge in [0.2, 0.25) is 11.8 Å². The first-order valence-electron chi connectivity index (χ1n) is 12.9. The maximum absolute atomic E-state index is 13.8. The zero-order chi connectivity index (χ0) is 29.3. The Morgan fingerprint density at radius 1 is 0.975 bits per heavy atom. The number of halogens is 2. The number of nitrogens with one attached hydrogen (secondary N) is 1. The molecular weight excluding hydrogens is 601 g/mol. The minimum atomic E-state index is -4.26. The maximum Gasteiger partial charge on any atom is 0.264 e. The number of nitrogens with zero attached hydrogens (tertiary/aromatic N) is 2. The molecule has 0 saturated carbocycles. The SMILES string of the molecule is CCCNC(=O)[C@H](C)N(Cc1ccc(Br)cc1)C(=O)CN(c1ccc(F)cc1)S(=O)(=O)c1ccc(OCC)cc1. The molecule has 0 aliphatic heterocycles. The summed E-state index contributed by atoms with van der Waals surface area (Å²) in [5.41, 5.74) is 0.865. The molecule has 1 N–H and O–H groups in total. The Morgan fingerprint density at radius 2 is 1.60 bits per heavy atom. The quantitative estimate of drug-likeness (QED) is 0.282. The smallest absolute Gasteiger partial charge is 0.264 e. The summed E-state index contributed by atoms with van der Waals surface area (Å²) in [6.45, 7) is 5.66. The van der Waals surface area contributed by atoms with E-state index >= 15 is 0 Å². The molecule has 3 aromatic rings. The molecule has 0 radical (unpaired) electrons. The van der Waals surface area contributed by atoms with Crippen molar-refractivity contribution in [2.24, 2.45) is 0 Å². The molecule has 0 fully saturated rings. The summed E-state index contributed by atoms with van der Waals surface area (Å²) in [6, 6.07) is 17.1. The lowest BCUT2D eigenvalue weighted by atomic mass is 10.1. The molecule has 0 aliphatic rings. The average Bonchev–Trinajstić information content (AvgIpc) is 2.94. The van der Waals surface area contributed by atoms with Crippen molar-refractivity contribution in [2.75, 3.05) is 24.0 Å². The zero-order valence-electron chi connectivity index (χ0n) is 22.6. The van der Waals surface area contributed by atoms with Gasteiger partial charge in [-0.1, -0.05) is 35.0 Å². The minimum Gasteiger partial charge on any atom is -0.494 e. The summed E-state index contributed by atoms with van der Waals surface area (Å²) in [5.74, 6) is -0.999. The topological polar surface area (TPSA) is 96.0 Å². The van der Waals surface area contributed by atoms with Gasteiger partial charge in [-0.3, -0.25) is 13.9 Å². The van der Waals surface area contributed by atoms with Crippen LogP contribution in [-0.4, -0.2) is 50.9 Å². The predicted octanol–water partition coefficient (Wildman–Crippen LogP) is 5.13. The molecule has 0 heterocycles. The van der Waals surface area contributed by atoms with Crippen molar-refractivity contribution >= 4 is 43.5 Å². The van der Waals surface area contributed by atoms with Crippen LogP contribution < -0.4 is 14.4 Å². The Kier molecular flexibility index (Phi) is 11.1. The van der Waals surface area contributed by atoms with Gasteiger partial charge in [0.25, 0.3) is 10.0 Å². The second kappa shape index (κ2) is 14.3. The lowest BCUT2D eigenvalue weighted by Crippen LogP contribution is -2.51. The van der Waals surface area contributed by atoms with Gasteiger partial charge >= 0.3 is 0 Å². The Bertz CT molecular complexity index is 1380. The number of hydrogen-bond acceptors (Lipinski definition) is 5. The molecule has 1 atom stereocenters. The number of anilines is 1. The van der Waals surface area contributed by atoms with Crippen LogP contribution in [0.2, 0.25) is 0 Å². The number of ether oxygens (including phenoxy) is 1. The number of rotatable bonds is 13. The van der Waals surface area contributed by atoms with Crippen molar-refractivity contribution in [3.05, 3.63) is 88.6 Å². The highest BCUT2D eigenvalue weighted by molar-refractivity contribution is 9.10. The molecular formula is C29H33BrFN3O5S. The van der Waals surface area contributed by atoms with Crippen LogP contribution in [0.5, 0.6) is 5.75 Å². The van der Waals surface area contributed by atoms with Crippen LogP contribution in [0.4, 0.5) is 10.1 Å². The normalized spacial score (nSPS) is 11.9. The van der Waals surface area contributed by atoms with Crippen molar-refractivity contribution in [1.82, 2.24) is 10.2 Å². The standard InChI is InChI=1S/C29H33BrFN3O5S/c1-4-18-32-29(36)21(3)33(19-22-6-8-23(30)9-7-22)28(35)20-34(25-12-10-24(31)11-13-25)40(37,38)27-16-14-26(15-17-27)39-5-2/h6-17,21H,4-5,18-20H2,1-3H3,(H,32,36)/t21-/m0/s1. The van der Waals surface area contributed by atoms with Gasteiger partial charge in [0.05, 0.1) is 17.2 Å². The van der Waals surface area contributed by atoms with Crippen LogP contribution in [0.1, 0.15) is 32.8 Å². The van der Waals surface area contributed by atoms with E-state index in [2.05, 4.69) is 21.2 Å². The van der Waals surface area contributed by atoms with Crippen LogP contribution in [0, 0.1) is 5.82 Å². The molecule has 3 rings (SSSR count). The molecule has 11 heteroatoms. The molecule has 0 bridgehead atoms. The molecule has 0 aromatic heterocycles. The van der Waals surface area contributed by atoms with E-state index in [0.29, 0.717) is 18.9 Å². The fraction of sp³-hybridized carbons (Fsp3) is 0.310. The van der Waals surface area contributed by atoms with E-state index in [-0.39, 0.29) is 23.0 Å². The zero-order valence-corrected chi connectivity index (χ0v) is 25.0.